The lowest BCUT2D eigenvalue weighted by molar-refractivity contribution is -0.118. The predicted molar refractivity (Wildman–Crippen MR) is 132 cm³/mol. The molecule has 0 atom stereocenters. The number of rotatable bonds is 5. The molecule has 1 N–H and O–H groups in total. The third kappa shape index (κ3) is 4.39. The fourth-order valence-electron chi connectivity index (χ4n) is 4.21. The molecular weight excluding hydrogens is 436 g/mol. The van der Waals surface area contributed by atoms with E-state index >= 15 is 0 Å². The second kappa shape index (κ2) is 8.79. The van der Waals surface area contributed by atoms with Crippen LogP contribution in [0.3, 0.4) is 0 Å². The van der Waals surface area contributed by atoms with Gasteiger partial charge in [-0.2, -0.15) is 0 Å². The summed E-state index contributed by atoms with van der Waals surface area (Å²) in [6.07, 6.45) is 0. The van der Waals surface area contributed by atoms with E-state index in [0.29, 0.717) is 10.8 Å². The van der Waals surface area contributed by atoms with Crippen LogP contribution in [0.25, 0.3) is 11.0 Å². The normalized spacial score (nSPS) is 13.1. The Morgan fingerprint density at radius 2 is 1.91 bits per heavy atom. The highest BCUT2D eigenvalue weighted by molar-refractivity contribution is 6.31. The van der Waals surface area contributed by atoms with Gasteiger partial charge in [-0.15, -0.1) is 0 Å². The van der Waals surface area contributed by atoms with Crippen molar-refractivity contribution in [3.8, 4) is 5.75 Å². The van der Waals surface area contributed by atoms with Crippen LogP contribution < -0.4 is 15.0 Å². The summed E-state index contributed by atoms with van der Waals surface area (Å²) in [6, 6.07) is 19.7. The highest BCUT2D eigenvalue weighted by atomic mass is 35.5. The third-order valence-corrected chi connectivity index (χ3v) is 6.43. The molecule has 0 unspecified atom stereocenters. The van der Waals surface area contributed by atoms with Crippen LogP contribution in [0, 0.1) is 13.8 Å². The Balaban J connectivity index is 1.23. The van der Waals surface area contributed by atoms with Crippen molar-refractivity contribution in [1.82, 2.24) is 9.55 Å². The van der Waals surface area contributed by atoms with E-state index in [1.165, 1.54) is 5.52 Å². The molecule has 2 heterocycles. The lowest BCUT2D eigenvalue weighted by atomic mass is 10.1. The van der Waals surface area contributed by atoms with Crippen molar-refractivity contribution < 1.29 is 9.53 Å². The Hall–Kier alpha value is -3.51. The average Bonchev–Trinajstić information content (AvgIpc) is 3.19. The van der Waals surface area contributed by atoms with Gasteiger partial charge < -0.3 is 19.5 Å². The molecule has 4 aromatic rings. The average molecular weight is 461 g/mol. The van der Waals surface area contributed by atoms with Crippen molar-refractivity contribution >= 4 is 39.9 Å². The predicted octanol–water partition coefficient (Wildman–Crippen LogP) is 5.34. The first kappa shape index (κ1) is 21.3. The minimum atomic E-state index is -0.204. The summed E-state index contributed by atoms with van der Waals surface area (Å²) in [6.45, 7) is 6.40. The molecule has 6 nitrogen and oxygen atoms in total. The molecule has 0 bridgehead atoms. The monoisotopic (exact) mass is 460 g/mol. The first-order valence-electron chi connectivity index (χ1n) is 11.0. The number of amides is 1. The van der Waals surface area contributed by atoms with Crippen LogP contribution in [-0.4, -0.2) is 28.6 Å². The lowest BCUT2D eigenvalue weighted by Crippen LogP contribution is -2.33. The van der Waals surface area contributed by atoms with Crippen molar-refractivity contribution in [2.75, 3.05) is 23.4 Å². The van der Waals surface area contributed by atoms with E-state index in [1.54, 1.807) is 12.1 Å². The molecule has 7 heteroatoms. The number of aromatic nitrogens is 2. The summed E-state index contributed by atoms with van der Waals surface area (Å²) in [5, 5.41) is 3.62. The number of carbonyl (C=O) groups is 1. The van der Waals surface area contributed by atoms with E-state index in [2.05, 4.69) is 39.0 Å². The number of fused-ring (bicyclic) bond motifs is 3. The van der Waals surface area contributed by atoms with Gasteiger partial charge in [0, 0.05) is 29.5 Å². The highest BCUT2D eigenvalue weighted by Crippen LogP contribution is 2.28. The molecule has 1 aliphatic heterocycles. The number of imidazole rings is 1. The molecule has 3 aromatic carbocycles. The Kier molecular flexibility index (Phi) is 5.68. The number of hydrogen-bond acceptors (Lipinski definition) is 4. The number of hydrogen-bond donors (Lipinski definition) is 1. The van der Waals surface area contributed by atoms with Crippen LogP contribution in [-0.2, 0) is 17.9 Å². The molecule has 0 saturated heterocycles. The van der Waals surface area contributed by atoms with Gasteiger partial charge >= 0.3 is 0 Å². The number of para-hydroxylation sites is 2. The van der Waals surface area contributed by atoms with Gasteiger partial charge in [-0.05, 0) is 73.5 Å². The van der Waals surface area contributed by atoms with Crippen LogP contribution in [0.2, 0.25) is 5.02 Å². The van der Waals surface area contributed by atoms with E-state index < -0.39 is 0 Å². The van der Waals surface area contributed by atoms with E-state index in [1.807, 2.05) is 38.1 Å². The van der Waals surface area contributed by atoms with Gasteiger partial charge in [0.25, 0.3) is 5.91 Å². The number of nitrogens with zero attached hydrogens (tertiary/aromatic N) is 3. The molecule has 0 saturated carbocycles. The van der Waals surface area contributed by atoms with Crippen molar-refractivity contribution in [3.63, 3.8) is 0 Å². The van der Waals surface area contributed by atoms with Crippen molar-refractivity contribution in [2.24, 2.45) is 0 Å². The maximum Gasteiger partial charge on any atom is 0.262 e. The van der Waals surface area contributed by atoms with Gasteiger partial charge in [0.05, 0.1) is 17.6 Å². The van der Waals surface area contributed by atoms with E-state index in [0.717, 1.165) is 53.5 Å². The van der Waals surface area contributed by atoms with E-state index in [-0.39, 0.29) is 12.5 Å². The van der Waals surface area contributed by atoms with Crippen LogP contribution >= 0.6 is 11.6 Å². The summed E-state index contributed by atoms with van der Waals surface area (Å²) in [5.41, 5.74) is 6.05. The van der Waals surface area contributed by atoms with Crippen LogP contribution in [0.1, 0.15) is 17.0 Å². The van der Waals surface area contributed by atoms with Crippen molar-refractivity contribution in [3.05, 3.63) is 82.6 Å². The summed E-state index contributed by atoms with van der Waals surface area (Å²) in [7, 11) is 0. The zero-order valence-corrected chi connectivity index (χ0v) is 19.4. The van der Waals surface area contributed by atoms with Crippen molar-refractivity contribution in [2.45, 2.75) is 26.9 Å². The molecule has 168 valence electrons. The van der Waals surface area contributed by atoms with Gasteiger partial charge in [0.15, 0.2) is 6.61 Å². The zero-order valence-electron chi connectivity index (χ0n) is 18.6. The van der Waals surface area contributed by atoms with Gasteiger partial charge in [-0.3, -0.25) is 4.79 Å². The molecule has 33 heavy (non-hydrogen) atoms. The number of anilines is 2. The Morgan fingerprint density at radius 3 is 2.73 bits per heavy atom. The molecule has 0 aliphatic carbocycles. The molecule has 0 spiro atoms. The SMILES string of the molecule is Cc1cc(OCC(=O)Nc2ccc(N3CCn4c(nc5ccccc54)C3)cc2C)ccc1Cl. The summed E-state index contributed by atoms with van der Waals surface area (Å²) < 4.78 is 7.91. The Labute approximate surface area is 197 Å². The largest absolute Gasteiger partial charge is 0.484 e. The second-order valence-electron chi connectivity index (χ2n) is 8.34. The fraction of sp³-hybridized carbons (Fsp3) is 0.231. The number of ether oxygens (including phenoxy) is 1. The van der Waals surface area contributed by atoms with Gasteiger partial charge in [-0.25, -0.2) is 4.98 Å². The smallest absolute Gasteiger partial charge is 0.262 e. The van der Waals surface area contributed by atoms with Gasteiger partial charge in [0.1, 0.15) is 11.6 Å². The van der Waals surface area contributed by atoms with E-state index in [9.17, 15) is 4.79 Å². The number of nitrogens with one attached hydrogen (secondary N) is 1. The topological polar surface area (TPSA) is 59.4 Å². The molecule has 0 fully saturated rings. The number of halogens is 1. The molecule has 1 aromatic heterocycles. The van der Waals surface area contributed by atoms with Crippen LogP contribution in [0.5, 0.6) is 5.75 Å². The number of benzene rings is 3. The first-order valence-corrected chi connectivity index (χ1v) is 11.3. The minimum absolute atomic E-state index is 0.0649. The van der Waals surface area contributed by atoms with Gasteiger partial charge in [0.2, 0.25) is 0 Å². The highest BCUT2D eigenvalue weighted by Gasteiger charge is 2.20. The van der Waals surface area contributed by atoms with Gasteiger partial charge in [-0.1, -0.05) is 23.7 Å². The van der Waals surface area contributed by atoms with Crippen LogP contribution in [0.15, 0.2) is 60.7 Å². The van der Waals surface area contributed by atoms with Crippen LogP contribution in [0.4, 0.5) is 11.4 Å². The summed E-state index contributed by atoms with van der Waals surface area (Å²) in [4.78, 5) is 19.5. The summed E-state index contributed by atoms with van der Waals surface area (Å²) in [5.74, 6) is 1.49. The third-order valence-electron chi connectivity index (χ3n) is 6.01. The first-order chi connectivity index (χ1) is 16.0. The molecule has 5 rings (SSSR count). The number of carbonyl (C=O) groups excluding carboxylic acids is 1. The molecule has 1 aliphatic rings. The van der Waals surface area contributed by atoms with Crippen molar-refractivity contribution in [1.29, 1.82) is 0 Å². The zero-order chi connectivity index (χ0) is 22.9. The van der Waals surface area contributed by atoms with E-state index in [4.69, 9.17) is 21.3 Å². The minimum Gasteiger partial charge on any atom is -0.484 e. The molecular formula is C26H25ClN4O2. The maximum atomic E-state index is 12.4. The molecule has 1 amide bonds. The number of aryl methyl sites for hydroxylation is 2. The molecule has 0 radical (unpaired) electrons. The fourth-order valence-corrected chi connectivity index (χ4v) is 4.33. The Bertz CT molecular complexity index is 1350. The summed E-state index contributed by atoms with van der Waals surface area (Å²) >= 11 is 6.04. The quantitative estimate of drug-likeness (QED) is 0.436. The Morgan fingerprint density at radius 1 is 1.06 bits per heavy atom. The second-order valence-corrected chi connectivity index (χ2v) is 8.74. The maximum absolute atomic E-state index is 12.4. The standard InChI is InChI=1S/C26H25ClN4O2/c1-17-14-20(8-9-21(17)27)33-16-26(32)29-22-10-7-19(13-18(22)2)30-11-12-31-24-6-4-3-5-23(24)28-25(31)15-30/h3-10,13-14H,11-12,15-16H2,1-2H3,(H,29,32). The lowest BCUT2D eigenvalue weighted by Gasteiger charge is -2.30.